The number of nitrogens with two attached hydrogens (primary N) is 1. The minimum absolute atomic E-state index is 0.0745. The zero-order valence-corrected chi connectivity index (χ0v) is 20.3. The van der Waals surface area contributed by atoms with Crippen molar-refractivity contribution < 1.29 is 13.6 Å². The number of carbonyl (C=O) groups excluding carboxylic acids is 1. The second-order valence-corrected chi connectivity index (χ2v) is 10.6. The maximum Gasteiger partial charge on any atom is 0.248 e. The van der Waals surface area contributed by atoms with Gasteiger partial charge in [0.2, 0.25) is 5.92 Å². The lowest BCUT2D eigenvalue weighted by Gasteiger charge is -2.28. The van der Waals surface area contributed by atoms with Crippen molar-refractivity contribution in [3.05, 3.63) is 53.9 Å². The summed E-state index contributed by atoms with van der Waals surface area (Å²) in [5, 5.41) is 8.10. The summed E-state index contributed by atoms with van der Waals surface area (Å²) in [7, 11) is 0. The van der Waals surface area contributed by atoms with Gasteiger partial charge in [-0.1, -0.05) is 24.3 Å². The van der Waals surface area contributed by atoms with Crippen LogP contribution in [0.25, 0.3) is 22.2 Å². The van der Waals surface area contributed by atoms with Crippen molar-refractivity contribution in [3.8, 4) is 11.1 Å². The maximum atomic E-state index is 13.7. The molecule has 0 bridgehead atoms. The molecule has 0 spiro atoms. The van der Waals surface area contributed by atoms with Gasteiger partial charge >= 0.3 is 0 Å². The van der Waals surface area contributed by atoms with Crippen LogP contribution in [-0.4, -0.2) is 27.0 Å². The van der Waals surface area contributed by atoms with Crippen LogP contribution in [0.1, 0.15) is 69.4 Å². The van der Waals surface area contributed by atoms with Gasteiger partial charge in [0.1, 0.15) is 5.78 Å². The van der Waals surface area contributed by atoms with Gasteiger partial charge in [-0.15, -0.1) is 0 Å². The Bertz CT molecular complexity index is 1270. The second kappa shape index (κ2) is 8.63. The third kappa shape index (κ3) is 4.66. The zero-order chi connectivity index (χ0) is 25.0. The summed E-state index contributed by atoms with van der Waals surface area (Å²) in [5.41, 5.74) is 11.9. The predicted octanol–water partition coefficient (Wildman–Crippen LogP) is 6.19. The van der Waals surface area contributed by atoms with E-state index in [2.05, 4.69) is 35.0 Å². The van der Waals surface area contributed by atoms with E-state index in [0.717, 1.165) is 40.6 Å². The fourth-order valence-corrected chi connectivity index (χ4v) is 5.46. The molecule has 7 heteroatoms. The summed E-state index contributed by atoms with van der Waals surface area (Å²) < 4.78 is 29.6. The standard InChI is InChI=1S/C28H32F2N4O/c1-17(31)25(18(2)35)21-13-24-26(33-14-21)23(20-3-5-22(6-4-20)27(32)11-12-27)16-34(24)15-19-7-9-28(29,30)10-8-19/h3-6,13-14,16,19,25,31H,7-12,15,32H2,1-2H3. The van der Waals surface area contributed by atoms with E-state index >= 15 is 0 Å². The van der Waals surface area contributed by atoms with Crippen LogP contribution in [0.5, 0.6) is 0 Å². The lowest BCUT2D eigenvalue weighted by Crippen LogP contribution is -2.26. The Morgan fingerprint density at radius 1 is 1.17 bits per heavy atom. The molecule has 5 rings (SSSR count). The minimum Gasteiger partial charge on any atom is -0.345 e. The van der Waals surface area contributed by atoms with Gasteiger partial charge in [-0.05, 0) is 68.2 Å². The summed E-state index contributed by atoms with van der Waals surface area (Å²) >= 11 is 0. The number of carbonyl (C=O) groups is 1. The Hall–Kier alpha value is -2.93. The van der Waals surface area contributed by atoms with Crippen LogP contribution in [0.3, 0.4) is 0 Å². The minimum atomic E-state index is -2.56. The van der Waals surface area contributed by atoms with Crippen LogP contribution >= 0.6 is 0 Å². The summed E-state index contributed by atoms with van der Waals surface area (Å²) in [6, 6.07) is 10.2. The molecule has 0 radical (unpaired) electrons. The third-order valence-corrected chi connectivity index (χ3v) is 7.76. The SMILES string of the molecule is CC(=N)C(C(C)=O)c1cnc2c(-c3ccc(C4(N)CC4)cc3)cn(CC3CCC(F)(F)CC3)c2c1. The maximum absolute atomic E-state index is 13.7. The smallest absolute Gasteiger partial charge is 0.248 e. The van der Waals surface area contributed by atoms with E-state index in [1.807, 2.05) is 6.07 Å². The molecule has 0 saturated heterocycles. The van der Waals surface area contributed by atoms with E-state index in [1.165, 1.54) is 6.92 Å². The monoisotopic (exact) mass is 478 g/mol. The van der Waals surface area contributed by atoms with Gasteiger partial charge < -0.3 is 15.7 Å². The van der Waals surface area contributed by atoms with Crippen LogP contribution in [0.15, 0.2) is 42.7 Å². The first-order chi connectivity index (χ1) is 16.6. The summed E-state index contributed by atoms with van der Waals surface area (Å²) in [5.74, 6) is -3.14. The highest BCUT2D eigenvalue weighted by Gasteiger charge is 2.40. The van der Waals surface area contributed by atoms with Crippen molar-refractivity contribution in [1.82, 2.24) is 9.55 Å². The van der Waals surface area contributed by atoms with Crippen LogP contribution < -0.4 is 5.73 Å². The molecule has 3 aromatic rings. The van der Waals surface area contributed by atoms with Crippen LogP contribution in [-0.2, 0) is 16.9 Å². The molecule has 2 aliphatic carbocycles. The first-order valence-corrected chi connectivity index (χ1v) is 12.4. The normalized spacial score (nSPS) is 20.0. The van der Waals surface area contributed by atoms with Crippen LogP contribution in [0.4, 0.5) is 8.78 Å². The van der Waals surface area contributed by atoms with Gasteiger partial charge in [0, 0.05) is 48.6 Å². The number of fused-ring (bicyclic) bond motifs is 1. The Labute approximate surface area is 204 Å². The highest BCUT2D eigenvalue weighted by molar-refractivity contribution is 6.07. The highest BCUT2D eigenvalue weighted by atomic mass is 19.3. The number of pyridine rings is 1. The van der Waals surface area contributed by atoms with Crippen LogP contribution in [0.2, 0.25) is 0 Å². The molecule has 35 heavy (non-hydrogen) atoms. The molecule has 1 aromatic carbocycles. The fraction of sp³-hybridized carbons (Fsp3) is 0.464. The first-order valence-electron chi connectivity index (χ1n) is 12.4. The number of nitrogens with one attached hydrogen (secondary N) is 1. The molecule has 2 aromatic heterocycles. The molecular formula is C28H32F2N4O. The van der Waals surface area contributed by atoms with Crippen molar-refractivity contribution in [1.29, 1.82) is 5.41 Å². The lowest BCUT2D eigenvalue weighted by atomic mass is 9.86. The van der Waals surface area contributed by atoms with E-state index < -0.39 is 11.8 Å². The van der Waals surface area contributed by atoms with Crippen molar-refractivity contribution in [3.63, 3.8) is 0 Å². The Kier molecular flexibility index (Phi) is 5.86. The molecule has 0 amide bonds. The molecule has 0 aliphatic heterocycles. The number of benzene rings is 1. The van der Waals surface area contributed by atoms with E-state index in [0.29, 0.717) is 24.9 Å². The number of hydrogen-bond donors (Lipinski definition) is 2. The van der Waals surface area contributed by atoms with Crippen LogP contribution in [0, 0.1) is 11.3 Å². The van der Waals surface area contributed by atoms with Crippen molar-refractivity contribution in [2.24, 2.45) is 11.7 Å². The van der Waals surface area contributed by atoms with Gasteiger partial charge in [-0.2, -0.15) is 0 Å². The molecular weight excluding hydrogens is 446 g/mol. The number of halogens is 2. The van der Waals surface area contributed by atoms with Gasteiger partial charge in [0.05, 0.1) is 17.0 Å². The van der Waals surface area contributed by atoms with Crippen molar-refractivity contribution in [2.75, 3.05) is 0 Å². The van der Waals surface area contributed by atoms with E-state index in [4.69, 9.17) is 16.1 Å². The molecule has 2 heterocycles. The molecule has 2 fully saturated rings. The zero-order valence-electron chi connectivity index (χ0n) is 20.3. The Balaban J connectivity index is 1.55. The Morgan fingerprint density at radius 3 is 2.40 bits per heavy atom. The van der Waals surface area contributed by atoms with Crippen molar-refractivity contribution in [2.45, 2.75) is 76.3 Å². The second-order valence-electron chi connectivity index (χ2n) is 10.6. The highest BCUT2D eigenvalue weighted by Crippen LogP contribution is 2.43. The number of Topliss-reactive ketones (excluding diaryl/α,β-unsaturated/α-hetero) is 1. The summed E-state index contributed by atoms with van der Waals surface area (Å²) in [6.45, 7) is 3.75. The van der Waals surface area contributed by atoms with Gasteiger partial charge in [0.15, 0.2) is 0 Å². The first kappa shape index (κ1) is 23.8. The molecule has 3 N–H and O–H groups in total. The number of aromatic nitrogens is 2. The van der Waals surface area contributed by atoms with Gasteiger partial charge in [-0.3, -0.25) is 9.78 Å². The van der Waals surface area contributed by atoms with E-state index in [9.17, 15) is 13.6 Å². The lowest BCUT2D eigenvalue weighted by molar-refractivity contribution is -0.117. The summed E-state index contributed by atoms with van der Waals surface area (Å²) in [4.78, 5) is 17.0. The molecule has 184 valence electrons. The largest absolute Gasteiger partial charge is 0.345 e. The number of ketones is 1. The molecule has 5 nitrogen and oxygen atoms in total. The van der Waals surface area contributed by atoms with Gasteiger partial charge in [-0.25, -0.2) is 8.78 Å². The fourth-order valence-electron chi connectivity index (χ4n) is 5.46. The van der Waals surface area contributed by atoms with Gasteiger partial charge in [0.25, 0.3) is 0 Å². The molecule has 1 atom stereocenters. The summed E-state index contributed by atoms with van der Waals surface area (Å²) in [6.07, 6.45) is 6.56. The van der Waals surface area contributed by atoms with E-state index in [-0.39, 0.29) is 35.8 Å². The Morgan fingerprint density at radius 2 is 1.83 bits per heavy atom. The molecule has 2 saturated carbocycles. The predicted molar refractivity (Wildman–Crippen MR) is 134 cm³/mol. The number of alkyl halides is 2. The molecule has 1 unspecified atom stereocenters. The number of rotatable bonds is 7. The number of nitrogens with zero attached hydrogens (tertiary/aromatic N) is 2. The topological polar surface area (TPSA) is 84.8 Å². The van der Waals surface area contributed by atoms with Crippen molar-refractivity contribution >= 4 is 22.5 Å². The average molecular weight is 479 g/mol. The average Bonchev–Trinajstić information content (AvgIpc) is 3.46. The molecule has 2 aliphatic rings. The number of hydrogen-bond acceptors (Lipinski definition) is 4. The van der Waals surface area contributed by atoms with E-state index in [1.54, 1.807) is 13.1 Å². The third-order valence-electron chi connectivity index (χ3n) is 7.76. The quantitative estimate of drug-likeness (QED) is 0.397.